The van der Waals surface area contributed by atoms with E-state index >= 15 is 0 Å². The first-order valence-corrected chi connectivity index (χ1v) is 8.27. The molecule has 3 nitrogen and oxygen atoms in total. The van der Waals surface area contributed by atoms with E-state index in [0.29, 0.717) is 12.0 Å². The third-order valence-corrected chi connectivity index (χ3v) is 4.77. The highest BCUT2D eigenvalue weighted by atomic mass is 79.9. The molecule has 0 radical (unpaired) electrons. The Bertz CT molecular complexity index is 465. The number of hydrogen-bond donors (Lipinski definition) is 1. The van der Waals surface area contributed by atoms with Crippen molar-refractivity contribution in [2.24, 2.45) is 5.92 Å². The van der Waals surface area contributed by atoms with Crippen molar-refractivity contribution in [1.82, 2.24) is 10.3 Å². The van der Waals surface area contributed by atoms with E-state index in [2.05, 4.69) is 46.1 Å². The topological polar surface area (TPSA) is 48.7 Å². The summed E-state index contributed by atoms with van der Waals surface area (Å²) in [5.41, 5.74) is -0.409. The van der Waals surface area contributed by atoms with Gasteiger partial charge in [-0.25, -0.2) is 4.98 Å². The van der Waals surface area contributed by atoms with Crippen molar-refractivity contribution in [3.05, 3.63) is 22.8 Å². The van der Waals surface area contributed by atoms with Gasteiger partial charge in [0.25, 0.3) is 0 Å². The van der Waals surface area contributed by atoms with Gasteiger partial charge < -0.3 is 0 Å². The summed E-state index contributed by atoms with van der Waals surface area (Å²) in [6.07, 6.45) is 4.10. The molecular weight excluding hydrogens is 322 g/mol. The number of halogens is 1. The smallest absolute Gasteiger partial charge is 0.119 e. The third-order valence-electron chi connectivity index (χ3n) is 3.17. The summed E-state index contributed by atoms with van der Waals surface area (Å²) in [5, 5.41) is 14.0. The lowest BCUT2D eigenvalue weighted by molar-refractivity contribution is 0.370. The van der Waals surface area contributed by atoms with Gasteiger partial charge in [-0.05, 0) is 60.7 Å². The lowest BCUT2D eigenvalue weighted by Crippen LogP contribution is -2.51. The summed E-state index contributed by atoms with van der Waals surface area (Å²) in [6, 6.07) is 6.81. The van der Waals surface area contributed by atoms with Gasteiger partial charge in [0.15, 0.2) is 0 Å². The number of thioether (sulfide) groups is 1. The quantitative estimate of drug-likeness (QED) is 0.804. The predicted octanol–water partition coefficient (Wildman–Crippen LogP) is 3.61. The molecule has 1 unspecified atom stereocenters. The minimum atomic E-state index is -0.409. The molecule has 1 N–H and O–H groups in total. The van der Waals surface area contributed by atoms with Crippen LogP contribution < -0.4 is 5.32 Å². The third kappa shape index (κ3) is 3.95. The molecule has 1 fully saturated rings. The SMILES string of the molecule is CC(C)NC(C#N)(CSc1ccc(Br)cn1)C1CC1. The minimum absolute atomic E-state index is 0.318. The van der Waals surface area contributed by atoms with Crippen molar-refractivity contribution in [1.29, 1.82) is 5.26 Å². The normalized spacial score (nSPS) is 18.1. The van der Waals surface area contributed by atoms with Crippen molar-refractivity contribution in [2.75, 3.05) is 5.75 Å². The fraction of sp³-hybridized carbons (Fsp3) is 0.571. The molecule has 1 heterocycles. The average molecular weight is 340 g/mol. The Morgan fingerprint density at radius 1 is 1.58 bits per heavy atom. The van der Waals surface area contributed by atoms with Crippen LogP contribution >= 0.6 is 27.7 Å². The Morgan fingerprint density at radius 2 is 2.32 bits per heavy atom. The Balaban J connectivity index is 2.04. The van der Waals surface area contributed by atoms with Crippen molar-refractivity contribution in [3.63, 3.8) is 0 Å². The zero-order valence-electron chi connectivity index (χ0n) is 11.2. The summed E-state index contributed by atoms with van der Waals surface area (Å²) in [7, 11) is 0. The molecule has 1 aromatic rings. The van der Waals surface area contributed by atoms with Crippen LogP contribution in [0.1, 0.15) is 26.7 Å². The molecular formula is C14H18BrN3S. The van der Waals surface area contributed by atoms with E-state index in [4.69, 9.17) is 0 Å². The molecule has 0 saturated heterocycles. The first-order valence-electron chi connectivity index (χ1n) is 6.49. The molecule has 19 heavy (non-hydrogen) atoms. The average Bonchev–Trinajstić information content (AvgIpc) is 3.20. The van der Waals surface area contributed by atoms with Crippen LogP contribution in [0.15, 0.2) is 27.8 Å². The summed E-state index contributed by atoms with van der Waals surface area (Å²) in [5.74, 6) is 1.24. The second kappa shape index (κ2) is 6.25. The molecule has 1 aliphatic carbocycles. The first kappa shape index (κ1) is 14.8. The second-order valence-corrected chi connectivity index (χ2v) is 7.17. The van der Waals surface area contributed by atoms with Gasteiger partial charge in [-0.15, -0.1) is 11.8 Å². The van der Waals surface area contributed by atoms with E-state index in [9.17, 15) is 5.26 Å². The number of rotatable bonds is 6. The summed E-state index contributed by atoms with van der Waals surface area (Å²) in [4.78, 5) is 4.35. The Labute approximate surface area is 127 Å². The Hall–Kier alpha value is -0.570. The van der Waals surface area contributed by atoms with Gasteiger partial charge >= 0.3 is 0 Å². The standard InChI is InChI=1S/C14H18BrN3S/c1-10(2)18-14(8-16,11-3-4-11)9-19-13-6-5-12(15)7-17-13/h5-7,10-11,18H,3-4,9H2,1-2H3. The number of nitrogens with zero attached hydrogens (tertiary/aromatic N) is 2. The Kier molecular flexibility index (Phi) is 4.88. The summed E-state index contributed by atoms with van der Waals surface area (Å²) >= 11 is 5.03. The molecule has 102 valence electrons. The van der Waals surface area contributed by atoms with E-state index in [1.807, 2.05) is 12.1 Å². The molecule has 1 aromatic heterocycles. The van der Waals surface area contributed by atoms with Gasteiger partial charge in [0, 0.05) is 22.5 Å². The molecule has 1 saturated carbocycles. The fourth-order valence-electron chi connectivity index (χ4n) is 2.16. The lowest BCUT2D eigenvalue weighted by atomic mass is 9.96. The number of hydrogen-bond acceptors (Lipinski definition) is 4. The minimum Gasteiger partial charge on any atom is -0.296 e. The van der Waals surface area contributed by atoms with Gasteiger partial charge in [-0.1, -0.05) is 0 Å². The van der Waals surface area contributed by atoms with Crippen molar-refractivity contribution < 1.29 is 0 Å². The molecule has 1 aliphatic rings. The van der Waals surface area contributed by atoms with E-state index in [1.165, 1.54) is 0 Å². The van der Waals surface area contributed by atoms with Crippen LogP contribution in [-0.2, 0) is 0 Å². The van der Waals surface area contributed by atoms with Crippen LogP contribution in [0.25, 0.3) is 0 Å². The van der Waals surface area contributed by atoms with Crippen LogP contribution in [0, 0.1) is 17.2 Å². The molecule has 0 bridgehead atoms. The molecule has 0 aromatic carbocycles. The van der Waals surface area contributed by atoms with Gasteiger partial charge in [0.1, 0.15) is 5.54 Å². The fourth-order valence-corrected chi connectivity index (χ4v) is 3.45. The molecule has 1 atom stereocenters. The van der Waals surface area contributed by atoms with E-state index in [1.54, 1.807) is 18.0 Å². The van der Waals surface area contributed by atoms with Gasteiger partial charge in [0.05, 0.1) is 11.1 Å². The maximum Gasteiger partial charge on any atom is 0.119 e. The van der Waals surface area contributed by atoms with Crippen molar-refractivity contribution in [2.45, 2.75) is 43.3 Å². The van der Waals surface area contributed by atoms with Crippen LogP contribution in [0.3, 0.4) is 0 Å². The van der Waals surface area contributed by atoms with Crippen LogP contribution in [0.5, 0.6) is 0 Å². The zero-order valence-corrected chi connectivity index (χ0v) is 13.6. The second-order valence-electron chi connectivity index (χ2n) is 5.26. The van der Waals surface area contributed by atoms with Gasteiger partial charge in [0.2, 0.25) is 0 Å². The number of nitriles is 1. The largest absolute Gasteiger partial charge is 0.296 e. The highest BCUT2D eigenvalue weighted by Gasteiger charge is 2.46. The lowest BCUT2D eigenvalue weighted by Gasteiger charge is -2.29. The monoisotopic (exact) mass is 339 g/mol. The maximum atomic E-state index is 9.60. The van der Waals surface area contributed by atoms with Crippen molar-refractivity contribution >= 4 is 27.7 Å². The highest BCUT2D eigenvalue weighted by molar-refractivity contribution is 9.10. The highest BCUT2D eigenvalue weighted by Crippen LogP contribution is 2.42. The molecule has 0 spiro atoms. The molecule has 5 heteroatoms. The maximum absolute atomic E-state index is 9.60. The molecule has 0 aliphatic heterocycles. The van der Waals surface area contributed by atoms with E-state index < -0.39 is 5.54 Å². The zero-order chi connectivity index (χ0) is 13.9. The molecule has 0 amide bonds. The van der Waals surface area contributed by atoms with Crippen LogP contribution in [-0.4, -0.2) is 22.3 Å². The first-order chi connectivity index (χ1) is 9.05. The van der Waals surface area contributed by atoms with Crippen LogP contribution in [0.2, 0.25) is 0 Å². The van der Waals surface area contributed by atoms with Crippen molar-refractivity contribution in [3.8, 4) is 6.07 Å². The van der Waals surface area contributed by atoms with E-state index in [-0.39, 0.29) is 0 Å². The molecule has 2 rings (SSSR count). The Morgan fingerprint density at radius 3 is 2.79 bits per heavy atom. The van der Waals surface area contributed by atoms with Crippen LogP contribution in [0.4, 0.5) is 0 Å². The summed E-state index contributed by atoms with van der Waals surface area (Å²) < 4.78 is 0.978. The van der Waals surface area contributed by atoms with Gasteiger partial charge in [-0.3, -0.25) is 5.32 Å². The number of nitrogens with one attached hydrogen (secondary N) is 1. The predicted molar refractivity (Wildman–Crippen MR) is 82.0 cm³/mol. The van der Waals surface area contributed by atoms with E-state index in [0.717, 1.165) is 28.1 Å². The number of pyridine rings is 1. The number of aromatic nitrogens is 1. The summed E-state index contributed by atoms with van der Waals surface area (Å²) in [6.45, 7) is 4.19. The van der Waals surface area contributed by atoms with Gasteiger partial charge in [-0.2, -0.15) is 5.26 Å².